The Balaban J connectivity index is 1.48. The van der Waals surface area contributed by atoms with Crippen molar-refractivity contribution in [3.63, 3.8) is 0 Å². The highest BCUT2D eigenvalue weighted by Gasteiger charge is 2.07. The number of H-pyrrole nitrogens is 1. The summed E-state index contributed by atoms with van der Waals surface area (Å²) in [5.74, 6) is -0.0842. The summed E-state index contributed by atoms with van der Waals surface area (Å²) in [5, 5.41) is 8.12. The molecule has 0 radical (unpaired) electrons. The molecule has 0 atom stereocenters. The minimum atomic E-state index is -0.0842. The Kier molecular flexibility index (Phi) is 3.84. The van der Waals surface area contributed by atoms with E-state index >= 15 is 0 Å². The van der Waals surface area contributed by atoms with Crippen LogP contribution in [0.5, 0.6) is 0 Å². The Bertz CT molecular complexity index is 989. The van der Waals surface area contributed by atoms with Crippen LogP contribution >= 0.6 is 11.3 Å². The molecule has 3 aromatic heterocycles. The molecule has 0 fully saturated rings. The van der Waals surface area contributed by atoms with Crippen molar-refractivity contribution < 1.29 is 4.79 Å². The standard InChI is InChI=1S/C19H15N3OS/c23-19(15-1-2-18-14(8-15)3-5-21-18)22-10-13-7-17(11-20-9-13)16-4-6-24-12-16/h1-9,11-12,21H,10H2,(H,22,23). The van der Waals surface area contributed by atoms with Crippen molar-refractivity contribution in [2.45, 2.75) is 6.54 Å². The summed E-state index contributed by atoms with van der Waals surface area (Å²) in [4.78, 5) is 19.8. The number of pyridine rings is 1. The van der Waals surface area contributed by atoms with Gasteiger partial charge in [-0.3, -0.25) is 9.78 Å². The van der Waals surface area contributed by atoms with Crippen LogP contribution < -0.4 is 5.32 Å². The smallest absolute Gasteiger partial charge is 0.251 e. The molecular formula is C19H15N3OS. The zero-order valence-corrected chi connectivity index (χ0v) is 13.6. The van der Waals surface area contributed by atoms with Gasteiger partial charge in [0.2, 0.25) is 0 Å². The maximum atomic E-state index is 12.4. The van der Waals surface area contributed by atoms with Crippen molar-refractivity contribution in [2.24, 2.45) is 0 Å². The van der Waals surface area contributed by atoms with Crippen molar-refractivity contribution in [2.75, 3.05) is 0 Å². The first kappa shape index (κ1) is 14.7. The summed E-state index contributed by atoms with van der Waals surface area (Å²) in [6, 6.07) is 11.7. The van der Waals surface area contributed by atoms with Crippen molar-refractivity contribution in [1.29, 1.82) is 0 Å². The van der Waals surface area contributed by atoms with Gasteiger partial charge in [0.1, 0.15) is 0 Å². The van der Waals surface area contributed by atoms with E-state index < -0.39 is 0 Å². The number of hydrogen-bond acceptors (Lipinski definition) is 3. The lowest BCUT2D eigenvalue weighted by molar-refractivity contribution is 0.0951. The molecular weight excluding hydrogens is 318 g/mol. The Morgan fingerprint density at radius 3 is 2.96 bits per heavy atom. The lowest BCUT2D eigenvalue weighted by Crippen LogP contribution is -2.22. The first-order valence-corrected chi connectivity index (χ1v) is 8.56. The fourth-order valence-electron chi connectivity index (χ4n) is 2.65. The zero-order valence-electron chi connectivity index (χ0n) is 12.8. The number of carbonyl (C=O) groups excluding carboxylic acids is 1. The van der Waals surface area contributed by atoms with Crippen molar-refractivity contribution >= 4 is 28.1 Å². The number of aromatic amines is 1. The van der Waals surface area contributed by atoms with Crippen LogP contribution in [0.2, 0.25) is 0 Å². The number of aromatic nitrogens is 2. The minimum Gasteiger partial charge on any atom is -0.361 e. The molecule has 4 aromatic rings. The second-order valence-electron chi connectivity index (χ2n) is 5.56. The number of nitrogens with zero attached hydrogens (tertiary/aromatic N) is 1. The quantitative estimate of drug-likeness (QED) is 0.587. The summed E-state index contributed by atoms with van der Waals surface area (Å²) in [7, 11) is 0. The Morgan fingerprint density at radius 1 is 1.12 bits per heavy atom. The van der Waals surface area contributed by atoms with Gasteiger partial charge in [-0.2, -0.15) is 11.3 Å². The highest BCUT2D eigenvalue weighted by atomic mass is 32.1. The van der Waals surface area contributed by atoms with Gasteiger partial charge in [-0.25, -0.2) is 0 Å². The number of benzene rings is 1. The second-order valence-corrected chi connectivity index (χ2v) is 6.34. The van der Waals surface area contributed by atoms with Crippen LogP contribution in [-0.4, -0.2) is 15.9 Å². The molecule has 4 rings (SSSR count). The topological polar surface area (TPSA) is 57.8 Å². The first-order valence-electron chi connectivity index (χ1n) is 7.61. The minimum absolute atomic E-state index is 0.0842. The van der Waals surface area contributed by atoms with Gasteiger partial charge in [-0.15, -0.1) is 0 Å². The van der Waals surface area contributed by atoms with Crippen LogP contribution in [0.4, 0.5) is 0 Å². The fourth-order valence-corrected chi connectivity index (χ4v) is 3.31. The molecule has 0 spiro atoms. The summed E-state index contributed by atoms with van der Waals surface area (Å²) in [6.45, 7) is 0.453. The summed E-state index contributed by atoms with van der Waals surface area (Å²) in [6.07, 6.45) is 5.49. The van der Waals surface area contributed by atoms with Crippen LogP contribution in [0, 0.1) is 0 Å². The average molecular weight is 333 g/mol. The van der Waals surface area contributed by atoms with E-state index in [1.54, 1.807) is 17.5 Å². The molecule has 0 aliphatic rings. The number of hydrogen-bond donors (Lipinski definition) is 2. The van der Waals surface area contributed by atoms with E-state index in [1.807, 2.05) is 42.0 Å². The molecule has 5 heteroatoms. The van der Waals surface area contributed by atoms with Crippen molar-refractivity contribution in [3.8, 4) is 11.1 Å². The molecule has 4 nitrogen and oxygen atoms in total. The lowest BCUT2D eigenvalue weighted by Gasteiger charge is -2.07. The monoisotopic (exact) mass is 333 g/mol. The zero-order chi connectivity index (χ0) is 16.4. The van der Waals surface area contributed by atoms with Gasteiger partial charge in [-0.1, -0.05) is 0 Å². The van der Waals surface area contributed by atoms with Gasteiger partial charge < -0.3 is 10.3 Å². The average Bonchev–Trinajstić information content (AvgIpc) is 3.30. The van der Waals surface area contributed by atoms with E-state index in [0.29, 0.717) is 12.1 Å². The van der Waals surface area contributed by atoms with Crippen molar-refractivity contribution in [1.82, 2.24) is 15.3 Å². The summed E-state index contributed by atoms with van der Waals surface area (Å²) >= 11 is 1.66. The van der Waals surface area contributed by atoms with Crippen LogP contribution in [0.1, 0.15) is 15.9 Å². The third kappa shape index (κ3) is 2.94. The maximum Gasteiger partial charge on any atom is 0.251 e. The van der Waals surface area contributed by atoms with Crippen molar-refractivity contribution in [3.05, 3.63) is 76.9 Å². The molecule has 0 bridgehead atoms. The van der Waals surface area contributed by atoms with E-state index in [1.165, 1.54) is 0 Å². The Hall–Kier alpha value is -2.92. The molecule has 0 aliphatic heterocycles. The number of fused-ring (bicyclic) bond motifs is 1. The normalized spacial score (nSPS) is 10.8. The van der Waals surface area contributed by atoms with E-state index in [-0.39, 0.29) is 5.91 Å². The SMILES string of the molecule is O=C(NCc1cncc(-c2ccsc2)c1)c1ccc2[nH]ccc2c1. The Labute approximate surface area is 143 Å². The number of carbonyl (C=O) groups is 1. The lowest BCUT2D eigenvalue weighted by atomic mass is 10.1. The highest BCUT2D eigenvalue weighted by Crippen LogP contribution is 2.22. The largest absolute Gasteiger partial charge is 0.361 e. The summed E-state index contributed by atoms with van der Waals surface area (Å²) < 4.78 is 0. The van der Waals surface area contributed by atoms with E-state index in [9.17, 15) is 4.79 Å². The third-order valence-electron chi connectivity index (χ3n) is 3.92. The van der Waals surface area contributed by atoms with Gasteiger partial charge in [0, 0.05) is 47.2 Å². The van der Waals surface area contributed by atoms with Gasteiger partial charge in [0.15, 0.2) is 0 Å². The van der Waals surface area contributed by atoms with Crippen LogP contribution in [-0.2, 0) is 6.54 Å². The number of nitrogens with one attached hydrogen (secondary N) is 2. The van der Waals surface area contributed by atoms with E-state index in [2.05, 4.69) is 32.8 Å². The van der Waals surface area contributed by atoms with Gasteiger partial charge in [0.05, 0.1) is 0 Å². The molecule has 1 aromatic carbocycles. The molecule has 0 aliphatic carbocycles. The van der Waals surface area contributed by atoms with E-state index in [0.717, 1.165) is 27.6 Å². The molecule has 1 amide bonds. The molecule has 118 valence electrons. The van der Waals surface area contributed by atoms with Gasteiger partial charge in [0.25, 0.3) is 5.91 Å². The highest BCUT2D eigenvalue weighted by molar-refractivity contribution is 7.08. The van der Waals surface area contributed by atoms with Crippen LogP contribution in [0.3, 0.4) is 0 Å². The van der Waals surface area contributed by atoms with Crippen LogP contribution in [0.25, 0.3) is 22.0 Å². The predicted molar refractivity (Wildman–Crippen MR) is 97.0 cm³/mol. The third-order valence-corrected chi connectivity index (χ3v) is 4.60. The maximum absolute atomic E-state index is 12.4. The van der Waals surface area contributed by atoms with Gasteiger partial charge in [-0.05, 0) is 58.3 Å². The molecule has 0 saturated carbocycles. The number of amides is 1. The molecule has 0 unspecified atom stereocenters. The number of rotatable bonds is 4. The predicted octanol–water partition coefficient (Wildman–Crippen LogP) is 4.22. The molecule has 24 heavy (non-hydrogen) atoms. The van der Waals surface area contributed by atoms with Crippen LogP contribution in [0.15, 0.2) is 65.7 Å². The van der Waals surface area contributed by atoms with E-state index in [4.69, 9.17) is 0 Å². The molecule has 2 N–H and O–H groups in total. The fraction of sp³-hybridized carbons (Fsp3) is 0.0526. The summed E-state index contributed by atoms with van der Waals surface area (Å²) in [5.41, 5.74) is 4.88. The first-order chi connectivity index (χ1) is 11.8. The molecule has 0 saturated heterocycles. The number of thiophene rings is 1. The molecule has 3 heterocycles. The Morgan fingerprint density at radius 2 is 2.08 bits per heavy atom. The van der Waals surface area contributed by atoms with Gasteiger partial charge >= 0.3 is 0 Å². The second kappa shape index (κ2) is 6.29.